The van der Waals surface area contributed by atoms with Gasteiger partial charge in [0.25, 0.3) is 10.0 Å². The molecule has 2 aromatic rings. The van der Waals surface area contributed by atoms with Gasteiger partial charge in [-0.05, 0) is 37.1 Å². The van der Waals surface area contributed by atoms with E-state index in [1.54, 1.807) is 30.1 Å². The molecule has 4 rings (SSSR count). The SMILES string of the molecule is CN(C(=O)C1CCN(C2=NS(=O)(=O)c3ccccc32)CC1)c1ccccc1. The number of para-hydroxylation sites is 1. The average Bonchev–Trinajstić information content (AvgIpc) is 2.99. The molecule has 1 fully saturated rings. The zero-order valence-corrected chi connectivity index (χ0v) is 15.9. The van der Waals surface area contributed by atoms with Gasteiger partial charge in [-0.2, -0.15) is 8.42 Å². The fraction of sp³-hybridized carbons (Fsp3) is 0.300. The molecule has 6 nitrogen and oxygen atoms in total. The van der Waals surface area contributed by atoms with E-state index in [4.69, 9.17) is 0 Å². The second-order valence-corrected chi connectivity index (χ2v) is 8.45. The first-order chi connectivity index (χ1) is 13.0. The summed E-state index contributed by atoms with van der Waals surface area (Å²) in [7, 11) is -1.81. The number of carbonyl (C=O) groups excluding carboxylic acids is 1. The molecule has 0 aliphatic carbocycles. The number of amidine groups is 1. The van der Waals surface area contributed by atoms with E-state index in [0.717, 1.165) is 5.69 Å². The van der Waals surface area contributed by atoms with Gasteiger partial charge in [0.05, 0.1) is 0 Å². The molecule has 0 bridgehead atoms. The molecule has 140 valence electrons. The Labute approximate surface area is 159 Å². The molecule has 1 saturated heterocycles. The van der Waals surface area contributed by atoms with Crippen molar-refractivity contribution >= 4 is 27.5 Å². The standard InChI is InChI=1S/C20H21N3O3S/c1-22(16-7-3-2-4-8-16)20(24)15-11-13-23(14-12-15)19-17-9-5-6-10-18(17)27(25,26)21-19/h2-10,15H,11-14H2,1H3. The van der Waals surface area contributed by atoms with Crippen molar-refractivity contribution in [3.05, 3.63) is 60.2 Å². The third kappa shape index (κ3) is 3.23. The number of amides is 1. The lowest BCUT2D eigenvalue weighted by molar-refractivity contribution is -0.123. The molecule has 1 amide bonds. The van der Waals surface area contributed by atoms with Gasteiger partial charge in [-0.1, -0.05) is 30.3 Å². The van der Waals surface area contributed by atoms with Gasteiger partial charge < -0.3 is 9.80 Å². The predicted molar refractivity (Wildman–Crippen MR) is 104 cm³/mol. The van der Waals surface area contributed by atoms with Gasteiger partial charge in [-0.25, -0.2) is 0 Å². The number of rotatable bonds is 2. The lowest BCUT2D eigenvalue weighted by atomic mass is 9.94. The summed E-state index contributed by atoms with van der Waals surface area (Å²) in [5.41, 5.74) is 1.54. The van der Waals surface area contributed by atoms with Crippen molar-refractivity contribution in [2.24, 2.45) is 10.3 Å². The lowest BCUT2D eigenvalue weighted by Gasteiger charge is -2.34. The number of benzene rings is 2. The molecule has 0 saturated carbocycles. The summed E-state index contributed by atoms with van der Waals surface area (Å²) in [5, 5.41) is 0. The fourth-order valence-corrected chi connectivity index (χ4v) is 4.94. The zero-order chi connectivity index (χ0) is 19.0. The lowest BCUT2D eigenvalue weighted by Crippen LogP contribution is -2.43. The molecule has 0 aromatic heterocycles. The van der Waals surface area contributed by atoms with Crippen LogP contribution < -0.4 is 4.90 Å². The number of fused-ring (bicyclic) bond motifs is 1. The van der Waals surface area contributed by atoms with E-state index in [1.807, 2.05) is 41.3 Å². The molecule has 0 spiro atoms. The van der Waals surface area contributed by atoms with Gasteiger partial charge in [0.2, 0.25) is 5.91 Å². The van der Waals surface area contributed by atoms with E-state index >= 15 is 0 Å². The van der Waals surface area contributed by atoms with Gasteiger partial charge >= 0.3 is 0 Å². The summed E-state index contributed by atoms with van der Waals surface area (Å²) < 4.78 is 28.5. The van der Waals surface area contributed by atoms with Crippen molar-refractivity contribution in [1.29, 1.82) is 0 Å². The Morgan fingerprint density at radius 1 is 1.04 bits per heavy atom. The largest absolute Gasteiger partial charge is 0.355 e. The van der Waals surface area contributed by atoms with Crippen LogP contribution in [-0.2, 0) is 14.8 Å². The van der Waals surface area contributed by atoms with Crippen LogP contribution >= 0.6 is 0 Å². The first kappa shape index (κ1) is 17.7. The van der Waals surface area contributed by atoms with E-state index in [0.29, 0.717) is 37.3 Å². The quantitative estimate of drug-likeness (QED) is 0.799. The van der Waals surface area contributed by atoms with Gasteiger partial charge in [0, 0.05) is 37.3 Å². The van der Waals surface area contributed by atoms with Crippen LogP contribution in [0.5, 0.6) is 0 Å². The number of carbonyl (C=O) groups is 1. The maximum Gasteiger partial charge on any atom is 0.285 e. The molecule has 7 heteroatoms. The van der Waals surface area contributed by atoms with Crippen LogP contribution in [0.2, 0.25) is 0 Å². The van der Waals surface area contributed by atoms with Crippen molar-refractivity contribution in [2.45, 2.75) is 17.7 Å². The van der Waals surface area contributed by atoms with Crippen molar-refractivity contribution in [3.8, 4) is 0 Å². The van der Waals surface area contributed by atoms with E-state index in [-0.39, 0.29) is 16.7 Å². The first-order valence-corrected chi connectivity index (χ1v) is 10.4. The minimum Gasteiger partial charge on any atom is -0.355 e. The van der Waals surface area contributed by atoms with Crippen molar-refractivity contribution in [2.75, 3.05) is 25.0 Å². The smallest absolute Gasteiger partial charge is 0.285 e. The summed E-state index contributed by atoms with van der Waals surface area (Å²) in [4.78, 5) is 16.8. The zero-order valence-electron chi connectivity index (χ0n) is 15.1. The van der Waals surface area contributed by atoms with Gasteiger partial charge in [-0.15, -0.1) is 4.40 Å². The molecule has 0 unspecified atom stereocenters. The van der Waals surface area contributed by atoms with E-state index in [9.17, 15) is 13.2 Å². The average molecular weight is 383 g/mol. The van der Waals surface area contributed by atoms with Crippen LogP contribution in [0.3, 0.4) is 0 Å². The topological polar surface area (TPSA) is 70.1 Å². The molecular formula is C20H21N3O3S. The molecule has 2 aromatic carbocycles. The molecule has 0 N–H and O–H groups in total. The van der Waals surface area contributed by atoms with Gasteiger partial charge in [0.15, 0.2) is 5.84 Å². The minimum atomic E-state index is -3.61. The Bertz CT molecular complexity index is 994. The van der Waals surface area contributed by atoms with E-state index < -0.39 is 10.0 Å². The number of hydrogen-bond acceptors (Lipinski definition) is 4. The van der Waals surface area contributed by atoms with Crippen LogP contribution in [0.15, 0.2) is 63.9 Å². The monoisotopic (exact) mass is 383 g/mol. The second kappa shape index (κ2) is 6.81. The molecular weight excluding hydrogens is 362 g/mol. The first-order valence-electron chi connectivity index (χ1n) is 8.99. The van der Waals surface area contributed by atoms with Crippen LogP contribution in [0, 0.1) is 5.92 Å². The summed E-state index contributed by atoms with van der Waals surface area (Å²) in [6.07, 6.45) is 1.36. The highest BCUT2D eigenvalue weighted by molar-refractivity contribution is 7.90. The number of hydrogen-bond donors (Lipinski definition) is 0. The van der Waals surface area contributed by atoms with Crippen molar-refractivity contribution < 1.29 is 13.2 Å². The predicted octanol–water partition coefficient (Wildman–Crippen LogP) is 2.51. The Morgan fingerprint density at radius 2 is 1.67 bits per heavy atom. The number of sulfonamides is 1. The Kier molecular flexibility index (Phi) is 4.47. The van der Waals surface area contributed by atoms with Crippen molar-refractivity contribution in [1.82, 2.24) is 4.90 Å². The van der Waals surface area contributed by atoms with E-state index in [1.165, 1.54) is 0 Å². The van der Waals surface area contributed by atoms with Crippen LogP contribution in [0.1, 0.15) is 18.4 Å². The molecule has 27 heavy (non-hydrogen) atoms. The molecule has 0 atom stereocenters. The van der Waals surface area contributed by atoms with Crippen molar-refractivity contribution in [3.63, 3.8) is 0 Å². The van der Waals surface area contributed by atoms with Gasteiger partial charge in [-0.3, -0.25) is 4.79 Å². The summed E-state index contributed by atoms with van der Waals surface area (Å²) >= 11 is 0. The highest BCUT2D eigenvalue weighted by Gasteiger charge is 2.35. The molecule has 2 aliphatic heterocycles. The normalized spacial score (nSPS) is 18.7. The third-order valence-corrected chi connectivity index (χ3v) is 6.56. The van der Waals surface area contributed by atoms with Gasteiger partial charge in [0.1, 0.15) is 4.90 Å². The third-order valence-electron chi connectivity index (χ3n) is 5.23. The highest BCUT2D eigenvalue weighted by atomic mass is 32.2. The number of likely N-dealkylation sites (tertiary alicyclic amines) is 1. The summed E-state index contributed by atoms with van der Waals surface area (Å²) in [6, 6.07) is 16.5. The molecule has 2 aliphatic rings. The van der Waals surface area contributed by atoms with E-state index in [2.05, 4.69) is 4.40 Å². The van der Waals surface area contributed by atoms with Crippen LogP contribution in [-0.4, -0.2) is 45.2 Å². The second-order valence-electron chi connectivity index (χ2n) is 6.88. The summed E-state index contributed by atoms with van der Waals surface area (Å²) in [6.45, 7) is 1.23. The molecule has 0 radical (unpaired) electrons. The summed E-state index contributed by atoms with van der Waals surface area (Å²) in [5.74, 6) is 0.537. The number of anilines is 1. The van der Waals surface area contributed by atoms with Crippen LogP contribution in [0.25, 0.3) is 0 Å². The molecule has 2 heterocycles. The Morgan fingerprint density at radius 3 is 2.37 bits per heavy atom. The maximum absolute atomic E-state index is 12.8. The number of nitrogens with zero attached hydrogens (tertiary/aromatic N) is 3. The van der Waals surface area contributed by atoms with Crippen LogP contribution in [0.4, 0.5) is 5.69 Å². The maximum atomic E-state index is 12.8. The minimum absolute atomic E-state index is 0.0692. The number of piperidine rings is 1. The fourth-order valence-electron chi connectivity index (χ4n) is 3.71. The Hall–Kier alpha value is -2.67. The highest BCUT2D eigenvalue weighted by Crippen LogP contribution is 2.30. The Balaban J connectivity index is 1.46.